The molecule has 0 spiro atoms. The Balaban J connectivity index is 1.53. The summed E-state index contributed by atoms with van der Waals surface area (Å²) in [5.41, 5.74) is 11.5. The lowest BCUT2D eigenvalue weighted by molar-refractivity contribution is 0.326. The fraction of sp³-hybridized carbons (Fsp3) is 0.267. The largest absolute Gasteiger partial charge is 0.508 e. The van der Waals surface area contributed by atoms with Crippen LogP contribution < -0.4 is 5.73 Å². The first-order valence-corrected chi connectivity index (χ1v) is 13.1. The quantitative estimate of drug-likeness (QED) is 0.357. The van der Waals surface area contributed by atoms with Crippen molar-refractivity contribution in [3.05, 3.63) is 89.9 Å². The van der Waals surface area contributed by atoms with Crippen LogP contribution in [0.3, 0.4) is 0 Å². The van der Waals surface area contributed by atoms with Crippen LogP contribution in [0.4, 0.5) is 10.2 Å². The second kappa shape index (κ2) is 9.56. The highest BCUT2D eigenvalue weighted by Gasteiger charge is 2.43. The molecule has 2 unspecified atom stereocenters. The minimum atomic E-state index is -0.575. The van der Waals surface area contributed by atoms with Crippen LogP contribution in [0.2, 0.25) is 0 Å². The molecule has 0 fully saturated rings. The Morgan fingerprint density at radius 2 is 1.98 bits per heavy atom. The first-order valence-electron chi connectivity index (χ1n) is 13.1. The average Bonchev–Trinajstić information content (AvgIpc) is 3.45. The number of rotatable bonds is 6. The molecule has 0 saturated heterocycles. The van der Waals surface area contributed by atoms with Gasteiger partial charge in [-0.15, -0.1) is 0 Å². The third kappa shape index (κ3) is 4.30. The van der Waals surface area contributed by atoms with Crippen LogP contribution in [0.1, 0.15) is 37.6 Å². The summed E-state index contributed by atoms with van der Waals surface area (Å²) in [5.74, 6) is -0.542. The van der Waals surface area contributed by atoms with Crippen molar-refractivity contribution in [3.8, 4) is 17.0 Å². The predicted octanol–water partition coefficient (Wildman–Crippen LogP) is 4.90. The number of halogens is 1. The summed E-state index contributed by atoms with van der Waals surface area (Å²) in [6.07, 6.45) is 12.5. The van der Waals surface area contributed by atoms with E-state index >= 15 is 0 Å². The number of allylic oxidation sites excluding steroid dienone is 2. The molecule has 3 N–H and O–H groups in total. The molecule has 1 aromatic carbocycles. The number of fused-ring (bicyclic) bond motifs is 2. The van der Waals surface area contributed by atoms with Gasteiger partial charge in [0.2, 0.25) is 0 Å². The normalized spacial score (nSPS) is 19.2. The van der Waals surface area contributed by atoms with E-state index < -0.39 is 5.82 Å². The zero-order valence-corrected chi connectivity index (χ0v) is 22.9. The van der Waals surface area contributed by atoms with Crippen LogP contribution in [0.5, 0.6) is 5.75 Å². The number of benzene rings is 1. The van der Waals surface area contributed by atoms with Crippen molar-refractivity contribution >= 4 is 22.5 Å². The van der Waals surface area contributed by atoms with E-state index in [0.29, 0.717) is 22.3 Å². The number of nitrogens with two attached hydrogens (primary N) is 1. The van der Waals surface area contributed by atoms with E-state index in [1.54, 1.807) is 0 Å². The molecule has 0 radical (unpaired) electrons. The fourth-order valence-electron chi connectivity index (χ4n) is 5.73. The van der Waals surface area contributed by atoms with E-state index in [0.717, 1.165) is 41.6 Å². The van der Waals surface area contributed by atoms with Crippen molar-refractivity contribution in [2.75, 3.05) is 19.8 Å². The van der Waals surface area contributed by atoms with Gasteiger partial charge in [-0.2, -0.15) is 5.10 Å². The fourth-order valence-corrected chi connectivity index (χ4v) is 5.73. The van der Waals surface area contributed by atoms with Crippen molar-refractivity contribution in [2.45, 2.75) is 38.4 Å². The summed E-state index contributed by atoms with van der Waals surface area (Å²) in [4.78, 5) is 18.0. The number of phenols is 1. The molecule has 9 nitrogen and oxygen atoms in total. The van der Waals surface area contributed by atoms with Gasteiger partial charge in [0.25, 0.3) is 0 Å². The number of aromatic nitrogens is 5. The third-order valence-corrected chi connectivity index (χ3v) is 7.56. The monoisotopic (exact) mass is 538 g/mol. The van der Waals surface area contributed by atoms with Crippen LogP contribution >= 0.6 is 0 Å². The molecular weight excluding hydrogens is 507 g/mol. The van der Waals surface area contributed by atoms with E-state index in [1.807, 2.05) is 31.1 Å². The molecule has 2 aliphatic rings. The van der Waals surface area contributed by atoms with E-state index in [1.165, 1.54) is 18.5 Å². The van der Waals surface area contributed by atoms with Gasteiger partial charge in [-0.1, -0.05) is 18.2 Å². The molecule has 0 bridgehead atoms. The highest BCUT2D eigenvalue weighted by atomic mass is 19.1. The minimum Gasteiger partial charge on any atom is -0.508 e. The average molecular weight is 539 g/mol. The van der Waals surface area contributed by atoms with Gasteiger partial charge in [-0.25, -0.2) is 19.0 Å². The second-order valence-electron chi connectivity index (χ2n) is 10.9. The maximum Gasteiger partial charge on any atom is 0.164 e. The van der Waals surface area contributed by atoms with Gasteiger partial charge in [0.05, 0.1) is 28.4 Å². The molecule has 3 aromatic heterocycles. The van der Waals surface area contributed by atoms with Crippen molar-refractivity contribution in [3.63, 3.8) is 0 Å². The SMILES string of the molecule is CC(C1=C(c2ccc(CN(C)C)cn2)N2C=CC=CC2(C)C1)n1nc(-c2cc(O)cc(F)c2)c2c(N)ncnc21. The lowest BCUT2D eigenvalue weighted by Crippen LogP contribution is -2.37. The van der Waals surface area contributed by atoms with Crippen molar-refractivity contribution < 1.29 is 9.50 Å². The molecule has 0 amide bonds. The van der Waals surface area contributed by atoms with Crippen LogP contribution in [-0.4, -0.2) is 59.3 Å². The molecule has 40 heavy (non-hydrogen) atoms. The smallest absolute Gasteiger partial charge is 0.164 e. The summed E-state index contributed by atoms with van der Waals surface area (Å²) in [5, 5.41) is 15.5. The zero-order valence-electron chi connectivity index (χ0n) is 22.9. The Kier molecular flexibility index (Phi) is 6.14. The molecule has 0 saturated carbocycles. The van der Waals surface area contributed by atoms with Crippen molar-refractivity contribution in [1.82, 2.24) is 34.5 Å². The second-order valence-corrected chi connectivity index (χ2v) is 10.9. The van der Waals surface area contributed by atoms with Crippen LogP contribution in [-0.2, 0) is 6.54 Å². The number of anilines is 1. The molecule has 2 atom stereocenters. The highest BCUT2D eigenvalue weighted by Crippen LogP contribution is 2.48. The summed E-state index contributed by atoms with van der Waals surface area (Å²) in [7, 11) is 4.07. The Hall–Kier alpha value is -4.57. The summed E-state index contributed by atoms with van der Waals surface area (Å²) in [6.45, 7) is 5.08. The zero-order chi connectivity index (χ0) is 28.2. The number of nitrogens with zero attached hydrogens (tertiary/aromatic N) is 7. The maximum atomic E-state index is 14.3. The Morgan fingerprint density at radius 1 is 1.15 bits per heavy atom. The third-order valence-electron chi connectivity index (χ3n) is 7.56. The Labute approximate surface area is 231 Å². The molecule has 204 valence electrons. The first-order chi connectivity index (χ1) is 19.1. The van der Waals surface area contributed by atoms with Gasteiger partial charge in [-0.3, -0.25) is 4.98 Å². The molecular formula is C30H31FN8O. The Bertz CT molecular complexity index is 1680. The molecule has 2 aliphatic heterocycles. The van der Waals surface area contributed by atoms with Crippen LogP contribution in [0.25, 0.3) is 28.0 Å². The van der Waals surface area contributed by atoms with Gasteiger partial charge in [0.15, 0.2) is 5.65 Å². The van der Waals surface area contributed by atoms with Crippen molar-refractivity contribution in [2.24, 2.45) is 0 Å². The number of aromatic hydroxyl groups is 1. The standard InChI is InChI=1S/C30H31FN8O/c1-18(39-29-25(28(32)34-17-35-29)26(36-39)20-11-21(31)13-22(40)12-20)23-14-30(2)9-5-6-10-38(30)27(23)24-8-7-19(15-33-24)16-37(3)4/h5-13,15,17-18,40H,14,16H2,1-4H3,(H2,32,34,35). The Morgan fingerprint density at radius 3 is 2.70 bits per heavy atom. The molecule has 5 heterocycles. The van der Waals surface area contributed by atoms with E-state index in [4.69, 9.17) is 15.8 Å². The van der Waals surface area contributed by atoms with Gasteiger partial charge in [0.1, 0.15) is 29.4 Å². The maximum absolute atomic E-state index is 14.3. The number of phenolic OH excluding ortho intramolecular Hbond substituents is 1. The van der Waals surface area contributed by atoms with Crippen LogP contribution in [0.15, 0.2) is 72.9 Å². The van der Waals surface area contributed by atoms with Gasteiger partial charge in [-0.05, 0) is 69.8 Å². The number of nitrogen functional groups attached to an aromatic ring is 1. The van der Waals surface area contributed by atoms with Crippen molar-refractivity contribution in [1.29, 1.82) is 0 Å². The van der Waals surface area contributed by atoms with Gasteiger partial charge < -0.3 is 20.6 Å². The van der Waals surface area contributed by atoms with E-state index in [2.05, 4.69) is 64.1 Å². The first kappa shape index (κ1) is 25.7. The van der Waals surface area contributed by atoms with Gasteiger partial charge >= 0.3 is 0 Å². The summed E-state index contributed by atoms with van der Waals surface area (Å²) < 4.78 is 16.1. The predicted molar refractivity (Wildman–Crippen MR) is 153 cm³/mol. The van der Waals surface area contributed by atoms with Crippen LogP contribution in [0, 0.1) is 5.82 Å². The molecule has 6 rings (SSSR count). The van der Waals surface area contributed by atoms with Gasteiger partial charge in [0, 0.05) is 30.6 Å². The number of hydrogen-bond donors (Lipinski definition) is 2. The molecule has 4 aromatic rings. The van der Waals surface area contributed by atoms with E-state index in [-0.39, 0.29) is 23.1 Å². The summed E-state index contributed by atoms with van der Waals surface area (Å²) in [6, 6.07) is 7.76. The van der Waals surface area contributed by atoms with E-state index in [9.17, 15) is 9.50 Å². The lowest BCUT2D eigenvalue weighted by Gasteiger charge is -2.35. The molecule has 10 heteroatoms. The molecule has 0 aliphatic carbocycles. The number of hydrogen-bond acceptors (Lipinski definition) is 8. The summed E-state index contributed by atoms with van der Waals surface area (Å²) >= 11 is 0. The topological polar surface area (TPSA) is 109 Å². The highest BCUT2D eigenvalue weighted by molar-refractivity contribution is 5.98. The number of pyridine rings is 1. The minimum absolute atomic E-state index is 0.200. The lowest BCUT2D eigenvalue weighted by atomic mass is 9.91.